The number of likely N-dealkylation sites (tertiary alicyclic amines) is 2. The fourth-order valence-corrected chi connectivity index (χ4v) is 10.4. The van der Waals surface area contributed by atoms with Gasteiger partial charge in [-0.3, -0.25) is 4.90 Å². The van der Waals surface area contributed by atoms with E-state index in [0.29, 0.717) is 0 Å². The first-order valence-electron chi connectivity index (χ1n) is 17.1. The maximum atomic E-state index is 2.95. The Labute approximate surface area is 272 Å². The van der Waals surface area contributed by atoms with Crippen LogP contribution in [0.25, 0.3) is 20.2 Å². The number of hydrogen-bond donors (Lipinski definition) is 0. The van der Waals surface area contributed by atoms with Gasteiger partial charge in [-0.1, -0.05) is 73.7 Å². The highest BCUT2D eigenvalue weighted by atomic mass is 32.1. The number of rotatable bonds is 11. The summed E-state index contributed by atoms with van der Waals surface area (Å²) in [4.78, 5) is 8.92. The molecule has 0 radical (unpaired) electrons. The van der Waals surface area contributed by atoms with E-state index in [1.807, 2.05) is 11.3 Å². The summed E-state index contributed by atoms with van der Waals surface area (Å²) < 4.78 is 2.88. The lowest BCUT2D eigenvalue weighted by Crippen LogP contribution is -2.51. The molecule has 2 saturated heterocycles. The van der Waals surface area contributed by atoms with Gasteiger partial charge in [0, 0.05) is 25.7 Å². The van der Waals surface area contributed by atoms with Crippen LogP contribution in [-0.2, 0) is 18.4 Å². The zero-order chi connectivity index (χ0) is 29.8. The van der Waals surface area contributed by atoms with Crippen molar-refractivity contribution in [1.29, 1.82) is 0 Å². The number of thiophene rings is 2. The second-order valence-corrected chi connectivity index (χ2v) is 15.9. The minimum absolute atomic E-state index is 0.112. The zero-order valence-corrected chi connectivity index (χ0v) is 28.1. The zero-order valence-electron chi connectivity index (χ0n) is 26.4. The van der Waals surface area contributed by atoms with E-state index in [1.54, 1.807) is 9.75 Å². The van der Waals surface area contributed by atoms with Crippen LogP contribution in [0.15, 0.2) is 91.0 Å². The Hall–Kier alpha value is -2.50. The fraction of sp³-hybridized carbons (Fsp3) is 0.450. The summed E-state index contributed by atoms with van der Waals surface area (Å²) in [6.45, 7) is 8.63. The standard InChI is InChI=1S/C40H48N2S2/c1-31-17-25-42(26-18-31)40(39-30-35-13-6-8-16-38(35)44-39,21-9-14-36-29-34-12-5-7-15-37(34)43-36)22-27-41-23-19-33(20-24-41)28-32-10-3-2-4-11-32/h2-8,10-13,15-16,29-31,33H,9,14,17-28H2,1H3. The lowest BCUT2D eigenvalue weighted by molar-refractivity contribution is 0.0246. The molecule has 7 rings (SSSR count). The Kier molecular flexibility index (Phi) is 9.51. The summed E-state index contributed by atoms with van der Waals surface area (Å²) in [7, 11) is 0. The van der Waals surface area contributed by atoms with Gasteiger partial charge in [-0.2, -0.15) is 0 Å². The number of aryl methyl sites for hydroxylation is 1. The quantitative estimate of drug-likeness (QED) is 0.145. The largest absolute Gasteiger partial charge is 0.303 e. The maximum absolute atomic E-state index is 2.95. The number of nitrogens with zero attached hydrogens (tertiary/aromatic N) is 2. The summed E-state index contributed by atoms with van der Waals surface area (Å²) >= 11 is 4.08. The Morgan fingerprint density at radius 1 is 0.705 bits per heavy atom. The minimum atomic E-state index is 0.112. The van der Waals surface area contributed by atoms with Crippen LogP contribution in [0.1, 0.15) is 67.2 Å². The third kappa shape index (κ3) is 6.84. The molecule has 2 aliphatic rings. The molecule has 4 heteroatoms. The molecule has 1 atom stereocenters. The first-order valence-corrected chi connectivity index (χ1v) is 18.8. The summed E-state index contributed by atoms with van der Waals surface area (Å²) in [6, 6.07) is 34.2. The number of benzene rings is 3. The van der Waals surface area contributed by atoms with Gasteiger partial charge < -0.3 is 4.90 Å². The number of piperidine rings is 2. The van der Waals surface area contributed by atoms with Crippen molar-refractivity contribution in [3.8, 4) is 0 Å². The number of fused-ring (bicyclic) bond motifs is 2. The topological polar surface area (TPSA) is 6.48 Å². The van der Waals surface area contributed by atoms with Crippen molar-refractivity contribution in [3.05, 3.63) is 106 Å². The van der Waals surface area contributed by atoms with E-state index < -0.39 is 0 Å². The third-order valence-corrected chi connectivity index (χ3v) is 13.2. The van der Waals surface area contributed by atoms with E-state index >= 15 is 0 Å². The molecule has 0 saturated carbocycles. The molecule has 3 aromatic carbocycles. The average Bonchev–Trinajstić information content (AvgIpc) is 3.69. The van der Waals surface area contributed by atoms with Crippen molar-refractivity contribution >= 4 is 42.8 Å². The third-order valence-electron chi connectivity index (χ3n) is 10.7. The Morgan fingerprint density at radius 2 is 1.36 bits per heavy atom. The molecule has 0 amide bonds. The lowest BCUT2D eigenvalue weighted by Gasteiger charge is -2.48. The molecular weight excluding hydrogens is 573 g/mol. The van der Waals surface area contributed by atoms with Crippen LogP contribution in [0, 0.1) is 11.8 Å². The highest BCUT2D eigenvalue weighted by Crippen LogP contribution is 2.45. The fourth-order valence-electron chi connectivity index (χ4n) is 7.91. The van der Waals surface area contributed by atoms with Gasteiger partial charge in [0.05, 0.1) is 5.54 Å². The van der Waals surface area contributed by atoms with Crippen LogP contribution in [-0.4, -0.2) is 42.5 Å². The molecule has 2 aliphatic heterocycles. The summed E-state index contributed by atoms with van der Waals surface area (Å²) in [5.41, 5.74) is 1.62. The van der Waals surface area contributed by atoms with Gasteiger partial charge in [0.25, 0.3) is 0 Å². The van der Waals surface area contributed by atoms with Gasteiger partial charge in [0.1, 0.15) is 0 Å². The minimum Gasteiger partial charge on any atom is -0.303 e. The average molecular weight is 621 g/mol. The Balaban J connectivity index is 1.12. The van der Waals surface area contributed by atoms with Gasteiger partial charge in [-0.25, -0.2) is 0 Å². The van der Waals surface area contributed by atoms with E-state index in [-0.39, 0.29) is 5.54 Å². The molecule has 4 heterocycles. The summed E-state index contributed by atoms with van der Waals surface area (Å²) in [5.74, 6) is 1.67. The van der Waals surface area contributed by atoms with E-state index in [9.17, 15) is 0 Å². The van der Waals surface area contributed by atoms with E-state index in [2.05, 4.69) is 119 Å². The monoisotopic (exact) mass is 620 g/mol. The molecule has 5 aromatic rings. The highest BCUT2D eigenvalue weighted by molar-refractivity contribution is 7.19. The molecule has 0 N–H and O–H groups in total. The van der Waals surface area contributed by atoms with Crippen LogP contribution in [0.2, 0.25) is 0 Å². The highest BCUT2D eigenvalue weighted by Gasteiger charge is 2.41. The predicted molar refractivity (Wildman–Crippen MR) is 192 cm³/mol. The molecule has 44 heavy (non-hydrogen) atoms. The molecule has 2 fully saturated rings. The molecule has 2 nitrogen and oxygen atoms in total. The molecule has 0 bridgehead atoms. The second-order valence-electron chi connectivity index (χ2n) is 13.7. The van der Waals surface area contributed by atoms with Crippen LogP contribution in [0.3, 0.4) is 0 Å². The van der Waals surface area contributed by atoms with Crippen molar-refractivity contribution in [1.82, 2.24) is 9.80 Å². The number of hydrogen-bond acceptors (Lipinski definition) is 4. The molecule has 0 spiro atoms. The second kappa shape index (κ2) is 13.9. The summed E-state index contributed by atoms with van der Waals surface area (Å²) in [6.07, 6.45) is 11.5. The van der Waals surface area contributed by atoms with Crippen LogP contribution >= 0.6 is 22.7 Å². The molecule has 230 valence electrons. The van der Waals surface area contributed by atoms with Crippen LogP contribution in [0.5, 0.6) is 0 Å². The van der Waals surface area contributed by atoms with Gasteiger partial charge >= 0.3 is 0 Å². The van der Waals surface area contributed by atoms with Gasteiger partial charge in [-0.05, 0) is 136 Å². The Bertz CT molecular complexity index is 1560. The molecule has 0 aliphatic carbocycles. The van der Waals surface area contributed by atoms with Crippen molar-refractivity contribution in [2.45, 2.75) is 70.3 Å². The molecule has 2 aromatic heterocycles. The Morgan fingerprint density at radius 3 is 2.07 bits per heavy atom. The first kappa shape index (κ1) is 30.2. The normalized spacial score (nSPS) is 19.1. The van der Waals surface area contributed by atoms with Crippen molar-refractivity contribution < 1.29 is 0 Å². The lowest BCUT2D eigenvalue weighted by atomic mass is 9.82. The van der Waals surface area contributed by atoms with Crippen molar-refractivity contribution in [2.75, 3.05) is 32.7 Å². The van der Waals surface area contributed by atoms with Gasteiger partial charge in [0.15, 0.2) is 0 Å². The molecular formula is C40H48N2S2. The summed E-state index contributed by atoms with van der Waals surface area (Å²) in [5, 5.41) is 2.83. The first-order chi connectivity index (χ1) is 21.6. The van der Waals surface area contributed by atoms with Crippen LogP contribution in [0.4, 0.5) is 0 Å². The van der Waals surface area contributed by atoms with Gasteiger partial charge in [0.2, 0.25) is 0 Å². The van der Waals surface area contributed by atoms with Gasteiger partial charge in [-0.15, -0.1) is 22.7 Å². The SMILES string of the molecule is CC1CCN(C(CCCc2cc3ccccc3s2)(CCN2CCC(Cc3ccccc3)CC2)c2cc3ccccc3s2)CC1. The smallest absolute Gasteiger partial charge is 0.0566 e. The van der Waals surface area contributed by atoms with Crippen molar-refractivity contribution in [2.24, 2.45) is 11.8 Å². The predicted octanol–water partition coefficient (Wildman–Crippen LogP) is 10.4. The maximum Gasteiger partial charge on any atom is 0.0566 e. The van der Waals surface area contributed by atoms with Crippen molar-refractivity contribution in [3.63, 3.8) is 0 Å². The van der Waals surface area contributed by atoms with E-state index in [4.69, 9.17) is 0 Å². The molecule has 1 unspecified atom stereocenters. The van der Waals surface area contributed by atoms with Crippen LogP contribution < -0.4 is 0 Å². The van der Waals surface area contributed by atoms with E-state index in [0.717, 1.165) is 11.8 Å². The van der Waals surface area contributed by atoms with E-state index in [1.165, 1.54) is 116 Å².